The number of carbonyl (C=O) groups is 2. The van der Waals surface area contributed by atoms with E-state index in [0.29, 0.717) is 6.54 Å². The van der Waals surface area contributed by atoms with Gasteiger partial charge in [-0.05, 0) is 33.6 Å². The smallest absolute Gasteiger partial charge is 0.410 e. The van der Waals surface area contributed by atoms with E-state index in [1.165, 1.54) is 0 Å². The zero-order chi connectivity index (χ0) is 13.8. The SMILES string of the molecule is CC(C)(C)OC(=O)N1CCC[C@H]1COCC(=O)O. The van der Waals surface area contributed by atoms with Crippen LogP contribution >= 0.6 is 0 Å². The highest BCUT2D eigenvalue weighted by molar-refractivity contribution is 5.69. The number of carbonyl (C=O) groups excluding carboxylic acids is 1. The zero-order valence-electron chi connectivity index (χ0n) is 11.1. The van der Waals surface area contributed by atoms with E-state index in [0.717, 1.165) is 12.8 Å². The molecule has 0 radical (unpaired) electrons. The molecule has 1 heterocycles. The van der Waals surface area contributed by atoms with E-state index in [9.17, 15) is 9.59 Å². The molecular formula is C12H21NO5. The number of carboxylic acid groups (broad SMARTS) is 1. The van der Waals surface area contributed by atoms with Gasteiger partial charge >= 0.3 is 12.1 Å². The van der Waals surface area contributed by atoms with Gasteiger partial charge in [0.1, 0.15) is 12.2 Å². The van der Waals surface area contributed by atoms with Crippen LogP contribution in [0.1, 0.15) is 33.6 Å². The van der Waals surface area contributed by atoms with Gasteiger partial charge in [-0.2, -0.15) is 0 Å². The standard InChI is InChI=1S/C12H21NO5/c1-12(2,3)18-11(16)13-6-4-5-9(13)7-17-8-10(14)15/h9H,4-8H2,1-3H3,(H,14,15)/t9-/m0/s1. The van der Waals surface area contributed by atoms with Crippen molar-refractivity contribution in [2.24, 2.45) is 0 Å². The molecule has 6 nitrogen and oxygen atoms in total. The maximum Gasteiger partial charge on any atom is 0.410 e. The Kier molecular flexibility index (Phi) is 4.95. The highest BCUT2D eigenvalue weighted by Crippen LogP contribution is 2.20. The lowest BCUT2D eigenvalue weighted by Gasteiger charge is -2.28. The summed E-state index contributed by atoms with van der Waals surface area (Å²) in [7, 11) is 0. The molecule has 1 amide bonds. The number of amides is 1. The first-order valence-electron chi connectivity index (χ1n) is 6.09. The molecule has 1 rings (SSSR count). The summed E-state index contributed by atoms with van der Waals surface area (Å²) in [5.74, 6) is -1.00. The molecule has 1 saturated heterocycles. The van der Waals surface area contributed by atoms with E-state index in [1.54, 1.807) is 4.90 Å². The van der Waals surface area contributed by atoms with Crippen LogP contribution in [0, 0.1) is 0 Å². The molecule has 0 aromatic heterocycles. The predicted octanol–water partition coefficient (Wildman–Crippen LogP) is 1.49. The van der Waals surface area contributed by atoms with Crippen LogP contribution in [0.2, 0.25) is 0 Å². The second-order valence-electron chi connectivity index (χ2n) is 5.38. The fourth-order valence-corrected chi connectivity index (χ4v) is 1.85. The van der Waals surface area contributed by atoms with Gasteiger partial charge in [0.15, 0.2) is 0 Å². The molecule has 0 aromatic carbocycles. The molecule has 104 valence electrons. The topological polar surface area (TPSA) is 76.1 Å². The van der Waals surface area contributed by atoms with Gasteiger partial charge in [-0.25, -0.2) is 9.59 Å². The average molecular weight is 259 g/mol. The second-order valence-corrected chi connectivity index (χ2v) is 5.38. The molecule has 1 atom stereocenters. The van der Waals surface area contributed by atoms with E-state index in [1.807, 2.05) is 20.8 Å². The lowest BCUT2D eigenvalue weighted by Crippen LogP contribution is -2.41. The van der Waals surface area contributed by atoms with Gasteiger partial charge in [0.2, 0.25) is 0 Å². The third-order valence-electron chi connectivity index (χ3n) is 2.54. The van der Waals surface area contributed by atoms with Crippen molar-refractivity contribution in [2.45, 2.75) is 45.3 Å². The van der Waals surface area contributed by atoms with Crippen molar-refractivity contribution in [2.75, 3.05) is 19.8 Å². The highest BCUT2D eigenvalue weighted by Gasteiger charge is 2.32. The largest absolute Gasteiger partial charge is 0.480 e. The Morgan fingerprint density at radius 1 is 1.39 bits per heavy atom. The minimum absolute atomic E-state index is 0.0841. The summed E-state index contributed by atoms with van der Waals surface area (Å²) in [5, 5.41) is 8.49. The second kappa shape index (κ2) is 6.04. The van der Waals surface area contributed by atoms with Crippen LogP contribution in [0.25, 0.3) is 0 Å². The lowest BCUT2D eigenvalue weighted by atomic mass is 10.2. The summed E-state index contributed by atoms with van der Waals surface area (Å²) in [6, 6.07) is -0.0841. The molecule has 18 heavy (non-hydrogen) atoms. The fourth-order valence-electron chi connectivity index (χ4n) is 1.85. The van der Waals surface area contributed by atoms with Crippen LogP contribution in [0.3, 0.4) is 0 Å². The Balaban J connectivity index is 2.43. The zero-order valence-corrected chi connectivity index (χ0v) is 11.1. The summed E-state index contributed by atoms with van der Waals surface area (Å²) in [4.78, 5) is 23.9. The Labute approximate surface area is 107 Å². The monoisotopic (exact) mass is 259 g/mol. The first-order valence-corrected chi connectivity index (χ1v) is 6.09. The minimum atomic E-state index is -1.00. The Morgan fingerprint density at radius 3 is 2.61 bits per heavy atom. The maximum atomic E-state index is 11.9. The van der Waals surface area contributed by atoms with Gasteiger partial charge in [-0.15, -0.1) is 0 Å². The number of hydrogen-bond acceptors (Lipinski definition) is 4. The Morgan fingerprint density at radius 2 is 2.06 bits per heavy atom. The molecule has 0 aliphatic carbocycles. The lowest BCUT2D eigenvalue weighted by molar-refractivity contribution is -0.142. The van der Waals surface area contributed by atoms with E-state index < -0.39 is 11.6 Å². The van der Waals surface area contributed by atoms with Crippen molar-refractivity contribution in [3.63, 3.8) is 0 Å². The summed E-state index contributed by atoms with van der Waals surface area (Å²) >= 11 is 0. The molecule has 1 N–H and O–H groups in total. The number of hydrogen-bond donors (Lipinski definition) is 1. The van der Waals surface area contributed by atoms with Crippen molar-refractivity contribution in [1.82, 2.24) is 4.90 Å². The molecule has 0 aromatic rings. The molecule has 0 bridgehead atoms. The fraction of sp³-hybridized carbons (Fsp3) is 0.833. The summed E-state index contributed by atoms with van der Waals surface area (Å²) in [6.45, 7) is 5.99. The van der Waals surface area contributed by atoms with Gasteiger partial charge < -0.3 is 19.5 Å². The Bertz CT molecular complexity index is 310. The van der Waals surface area contributed by atoms with Crippen molar-refractivity contribution in [3.05, 3.63) is 0 Å². The summed E-state index contributed by atoms with van der Waals surface area (Å²) in [5.41, 5.74) is -0.522. The van der Waals surface area contributed by atoms with Crippen LogP contribution in [0.5, 0.6) is 0 Å². The van der Waals surface area contributed by atoms with Crippen LogP contribution in [0.4, 0.5) is 4.79 Å². The summed E-state index contributed by atoms with van der Waals surface area (Å²) in [6.07, 6.45) is 1.35. The van der Waals surface area contributed by atoms with Crippen LogP contribution < -0.4 is 0 Å². The first kappa shape index (κ1) is 14.8. The third kappa shape index (κ3) is 4.91. The molecule has 1 fully saturated rings. The molecule has 1 aliphatic heterocycles. The first-order chi connectivity index (χ1) is 8.29. The van der Waals surface area contributed by atoms with Crippen LogP contribution in [0.15, 0.2) is 0 Å². The van der Waals surface area contributed by atoms with Gasteiger partial charge in [-0.3, -0.25) is 0 Å². The van der Waals surface area contributed by atoms with E-state index in [-0.39, 0.29) is 25.3 Å². The number of nitrogens with zero attached hydrogens (tertiary/aromatic N) is 1. The van der Waals surface area contributed by atoms with E-state index in [4.69, 9.17) is 14.6 Å². The van der Waals surface area contributed by atoms with E-state index >= 15 is 0 Å². The van der Waals surface area contributed by atoms with Gasteiger partial charge in [0.05, 0.1) is 12.6 Å². The normalized spacial score (nSPS) is 19.9. The molecule has 1 aliphatic rings. The number of carboxylic acids is 1. The third-order valence-corrected chi connectivity index (χ3v) is 2.54. The van der Waals surface area contributed by atoms with E-state index in [2.05, 4.69) is 0 Å². The average Bonchev–Trinajstić information content (AvgIpc) is 2.62. The van der Waals surface area contributed by atoms with Crippen LogP contribution in [-0.4, -0.2) is 53.5 Å². The van der Waals surface area contributed by atoms with Crippen molar-refractivity contribution >= 4 is 12.1 Å². The number of likely N-dealkylation sites (tertiary alicyclic amines) is 1. The number of ether oxygens (including phenoxy) is 2. The molecular weight excluding hydrogens is 238 g/mol. The van der Waals surface area contributed by atoms with Crippen LogP contribution in [-0.2, 0) is 14.3 Å². The molecule has 6 heteroatoms. The number of rotatable bonds is 4. The van der Waals surface area contributed by atoms with Gasteiger partial charge in [0, 0.05) is 6.54 Å². The Hall–Kier alpha value is -1.30. The minimum Gasteiger partial charge on any atom is -0.480 e. The predicted molar refractivity (Wildman–Crippen MR) is 64.4 cm³/mol. The summed E-state index contributed by atoms with van der Waals surface area (Å²) < 4.78 is 10.3. The molecule has 0 unspecified atom stereocenters. The maximum absolute atomic E-state index is 11.9. The van der Waals surface area contributed by atoms with Gasteiger partial charge in [0.25, 0.3) is 0 Å². The van der Waals surface area contributed by atoms with Crippen molar-refractivity contribution in [3.8, 4) is 0 Å². The number of aliphatic carboxylic acids is 1. The van der Waals surface area contributed by atoms with Crippen molar-refractivity contribution in [1.29, 1.82) is 0 Å². The quantitative estimate of drug-likeness (QED) is 0.827. The van der Waals surface area contributed by atoms with Crippen molar-refractivity contribution < 1.29 is 24.2 Å². The molecule has 0 spiro atoms. The van der Waals surface area contributed by atoms with Gasteiger partial charge in [-0.1, -0.05) is 0 Å². The highest BCUT2D eigenvalue weighted by atomic mass is 16.6. The molecule has 0 saturated carbocycles.